The predicted octanol–water partition coefficient (Wildman–Crippen LogP) is 1.89. The summed E-state index contributed by atoms with van der Waals surface area (Å²) in [5.41, 5.74) is 3.19. The first-order chi connectivity index (χ1) is 8.70. The minimum Gasteiger partial charge on any atom is -0.372 e. The Labute approximate surface area is 107 Å². The lowest BCUT2D eigenvalue weighted by molar-refractivity contribution is -0.117. The molecule has 3 rings (SSSR count). The SMILES string of the molecule is CNC1C(=O)Nc2cc(N(C)C3CCC3)ccc21. The summed E-state index contributed by atoms with van der Waals surface area (Å²) in [5.74, 6) is 0.0379. The van der Waals surface area contributed by atoms with Crippen LogP contribution in [0.1, 0.15) is 30.9 Å². The summed E-state index contributed by atoms with van der Waals surface area (Å²) >= 11 is 0. The van der Waals surface area contributed by atoms with Crippen molar-refractivity contribution in [2.45, 2.75) is 31.3 Å². The lowest BCUT2D eigenvalue weighted by Gasteiger charge is -2.36. The third kappa shape index (κ3) is 1.68. The molecule has 96 valence electrons. The van der Waals surface area contributed by atoms with Gasteiger partial charge in [-0.25, -0.2) is 0 Å². The van der Waals surface area contributed by atoms with Gasteiger partial charge in [-0.2, -0.15) is 0 Å². The summed E-state index contributed by atoms with van der Waals surface area (Å²) in [6, 6.07) is 6.71. The third-order valence-corrected chi connectivity index (χ3v) is 4.19. The Kier molecular flexibility index (Phi) is 2.74. The zero-order valence-electron chi connectivity index (χ0n) is 10.9. The number of carbonyl (C=O) groups is 1. The quantitative estimate of drug-likeness (QED) is 0.854. The van der Waals surface area contributed by atoms with Crippen molar-refractivity contribution < 1.29 is 4.79 Å². The van der Waals surface area contributed by atoms with Crippen molar-refractivity contribution in [1.29, 1.82) is 0 Å². The Balaban J connectivity index is 1.88. The summed E-state index contributed by atoms with van der Waals surface area (Å²) in [6.45, 7) is 0. The molecule has 18 heavy (non-hydrogen) atoms. The number of hydrogen-bond donors (Lipinski definition) is 2. The van der Waals surface area contributed by atoms with Crippen LogP contribution >= 0.6 is 0 Å². The first-order valence-electron chi connectivity index (χ1n) is 6.55. The van der Waals surface area contributed by atoms with Crippen molar-refractivity contribution in [3.63, 3.8) is 0 Å². The fraction of sp³-hybridized carbons (Fsp3) is 0.500. The molecule has 1 aliphatic carbocycles. The Bertz CT molecular complexity index is 482. The lowest BCUT2D eigenvalue weighted by atomic mass is 9.91. The maximum atomic E-state index is 11.8. The standard InChI is InChI=1S/C14H19N3O/c1-15-13-11-7-6-10(8-12(11)16-14(13)18)17(2)9-4-3-5-9/h6-9,13,15H,3-5H2,1-2H3,(H,16,18). The average molecular weight is 245 g/mol. The molecule has 1 heterocycles. The number of benzene rings is 1. The van der Waals surface area contributed by atoms with E-state index in [1.54, 1.807) is 0 Å². The molecular formula is C14H19N3O. The van der Waals surface area contributed by atoms with Crippen LogP contribution in [0.4, 0.5) is 11.4 Å². The van der Waals surface area contributed by atoms with E-state index in [9.17, 15) is 4.79 Å². The molecule has 1 unspecified atom stereocenters. The van der Waals surface area contributed by atoms with E-state index in [0.29, 0.717) is 6.04 Å². The second-order valence-corrected chi connectivity index (χ2v) is 5.18. The van der Waals surface area contributed by atoms with Crippen LogP contribution in [0.25, 0.3) is 0 Å². The molecule has 4 nitrogen and oxygen atoms in total. The van der Waals surface area contributed by atoms with Gasteiger partial charge in [0.05, 0.1) is 0 Å². The van der Waals surface area contributed by atoms with Gasteiger partial charge in [-0.15, -0.1) is 0 Å². The number of likely N-dealkylation sites (N-methyl/N-ethyl adjacent to an activating group) is 1. The highest BCUT2D eigenvalue weighted by Gasteiger charge is 2.30. The van der Waals surface area contributed by atoms with Crippen LogP contribution in [0.2, 0.25) is 0 Å². The molecule has 1 atom stereocenters. The molecule has 0 bridgehead atoms. The first kappa shape index (κ1) is 11.5. The molecule has 1 aromatic carbocycles. The van der Waals surface area contributed by atoms with Crippen LogP contribution in [-0.4, -0.2) is 26.0 Å². The zero-order valence-corrected chi connectivity index (χ0v) is 10.9. The van der Waals surface area contributed by atoms with Crippen LogP contribution in [-0.2, 0) is 4.79 Å². The van der Waals surface area contributed by atoms with Crippen LogP contribution < -0.4 is 15.5 Å². The average Bonchev–Trinajstić information content (AvgIpc) is 2.60. The van der Waals surface area contributed by atoms with Gasteiger partial charge in [0.25, 0.3) is 0 Å². The number of anilines is 2. The van der Waals surface area contributed by atoms with Gasteiger partial charge in [0.1, 0.15) is 6.04 Å². The maximum absolute atomic E-state index is 11.8. The molecule has 0 saturated heterocycles. The second kappa shape index (κ2) is 4.28. The summed E-state index contributed by atoms with van der Waals surface area (Å²) in [4.78, 5) is 14.1. The summed E-state index contributed by atoms with van der Waals surface area (Å²) in [7, 11) is 3.95. The van der Waals surface area contributed by atoms with Crippen molar-refractivity contribution >= 4 is 17.3 Å². The molecule has 0 aromatic heterocycles. The normalized spacial score (nSPS) is 22.3. The van der Waals surface area contributed by atoms with Crippen LogP contribution in [0.5, 0.6) is 0 Å². The third-order valence-electron chi connectivity index (χ3n) is 4.19. The van der Waals surface area contributed by atoms with Gasteiger partial charge in [0.15, 0.2) is 0 Å². The smallest absolute Gasteiger partial charge is 0.246 e. The predicted molar refractivity (Wildman–Crippen MR) is 72.9 cm³/mol. The Morgan fingerprint density at radius 1 is 1.39 bits per heavy atom. The van der Waals surface area contributed by atoms with E-state index in [0.717, 1.165) is 11.3 Å². The van der Waals surface area contributed by atoms with Crippen molar-refractivity contribution in [3.8, 4) is 0 Å². The van der Waals surface area contributed by atoms with Crippen molar-refractivity contribution in [3.05, 3.63) is 23.8 Å². The Morgan fingerprint density at radius 3 is 2.78 bits per heavy atom. The van der Waals surface area contributed by atoms with E-state index in [1.165, 1.54) is 24.9 Å². The number of nitrogens with one attached hydrogen (secondary N) is 2. The van der Waals surface area contributed by atoms with Gasteiger partial charge >= 0.3 is 0 Å². The maximum Gasteiger partial charge on any atom is 0.246 e. The van der Waals surface area contributed by atoms with Crippen LogP contribution in [0.15, 0.2) is 18.2 Å². The molecule has 1 aliphatic heterocycles. The van der Waals surface area contributed by atoms with Crippen LogP contribution in [0.3, 0.4) is 0 Å². The fourth-order valence-corrected chi connectivity index (χ4v) is 2.74. The Morgan fingerprint density at radius 2 is 2.17 bits per heavy atom. The molecule has 2 aliphatic rings. The van der Waals surface area contributed by atoms with Crippen molar-refractivity contribution in [2.75, 3.05) is 24.3 Å². The van der Waals surface area contributed by atoms with Crippen molar-refractivity contribution in [2.24, 2.45) is 0 Å². The van der Waals surface area contributed by atoms with Gasteiger partial charge < -0.3 is 15.5 Å². The van der Waals surface area contributed by atoms with Gasteiger partial charge in [0.2, 0.25) is 5.91 Å². The monoisotopic (exact) mass is 245 g/mol. The van der Waals surface area contributed by atoms with Gasteiger partial charge in [-0.1, -0.05) is 6.07 Å². The number of rotatable bonds is 3. The molecule has 0 spiro atoms. The van der Waals surface area contributed by atoms with E-state index in [-0.39, 0.29) is 11.9 Å². The largest absolute Gasteiger partial charge is 0.372 e. The molecule has 4 heteroatoms. The number of hydrogen-bond acceptors (Lipinski definition) is 3. The van der Waals surface area contributed by atoms with E-state index < -0.39 is 0 Å². The first-order valence-corrected chi connectivity index (χ1v) is 6.55. The highest BCUT2D eigenvalue weighted by molar-refractivity contribution is 6.03. The van der Waals surface area contributed by atoms with E-state index >= 15 is 0 Å². The molecule has 1 amide bonds. The number of carbonyl (C=O) groups excluding carboxylic acids is 1. The molecule has 1 fully saturated rings. The highest BCUT2D eigenvalue weighted by atomic mass is 16.2. The van der Waals surface area contributed by atoms with E-state index in [4.69, 9.17) is 0 Å². The summed E-state index contributed by atoms with van der Waals surface area (Å²) < 4.78 is 0. The van der Waals surface area contributed by atoms with Crippen LogP contribution in [0, 0.1) is 0 Å². The molecular weight excluding hydrogens is 226 g/mol. The fourth-order valence-electron chi connectivity index (χ4n) is 2.74. The summed E-state index contributed by atoms with van der Waals surface area (Å²) in [6.07, 6.45) is 3.89. The van der Waals surface area contributed by atoms with Gasteiger partial charge in [-0.3, -0.25) is 4.79 Å². The minimum absolute atomic E-state index is 0.0379. The molecule has 0 radical (unpaired) electrons. The van der Waals surface area contributed by atoms with E-state index in [1.807, 2.05) is 7.05 Å². The molecule has 1 aromatic rings. The number of nitrogens with zero attached hydrogens (tertiary/aromatic N) is 1. The van der Waals surface area contributed by atoms with Gasteiger partial charge in [0, 0.05) is 30.0 Å². The van der Waals surface area contributed by atoms with E-state index in [2.05, 4.69) is 40.8 Å². The summed E-state index contributed by atoms with van der Waals surface area (Å²) in [5, 5.41) is 5.98. The molecule has 2 N–H and O–H groups in total. The minimum atomic E-state index is -0.206. The topological polar surface area (TPSA) is 44.4 Å². The Hall–Kier alpha value is -1.55. The van der Waals surface area contributed by atoms with Gasteiger partial charge in [-0.05, 0) is 38.4 Å². The molecule has 1 saturated carbocycles. The number of fused-ring (bicyclic) bond motifs is 1. The zero-order chi connectivity index (χ0) is 12.7. The highest BCUT2D eigenvalue weighted by Crippen LogP contribution is 2.35. The van der Waals surface area contributed by atoms with Crippen molar-refractivity contribution in [1.82, 2.24) is 5.32 Å². The second-order valence-electron chi connectivity index (χ2n) is 5.18. The number of amides is 1. The lowest BCUT2D eigenvalue weighted by Crippen LogP contribution is -2.37.